The van der Waals surface area contributed by atoms with Gasteiger partial charge in [0.15, 0.2) is 0 Å². The van der Waals surface area contributed by atoms with Crippen LogP contribution in [0.4, 0.5) is 0 Å². The molecule has 0 fully saturated rings. The highest BCUT2D eigenvalue weighted by molar-refractivity contribution is 7.18. The number of carbonyl (C=O) groups excluding carboxylic acids is 1. The van der Waals surface area contributed by atoms with E-state index in [1.807, 2.05) is 6.92 Å². The van der Waals surface area contributed by atoms with Gasteiger partial charge in [0.05, 0.1) is 11.6 Å². The van der Waals surface area contributed by atoms with Crippen LogP contribution in [0.3, 0.4) is 0 Å². The first-order chi connectivity index (χ1) is 8.17. The second kappa shape index (κ2) is 4.92. The van der Waals surface area contributed by atoms with Gasteiger partial charge in [0, 0.05) is 10.3 Å². The largest absolute Gasteiger partial charge is 0.299 e. The number of nitrogens with zero attached hydrogens (tertiary/aromatic N) is 2. The van der Waals surface area contributed by atoms with Crippen molar-refractivity contribution in [3.8, 4) is 0 Å². The van der Waals surface area contributed by atoms with Crippen LogP contribution in [0.2, 0.25) is 0 Å². The molecule has 1 unspecified atom stereocenters. The molecule has 0 aliphatic carbocycles. The van der Waals surface area contributed by atoms with Crippen molar-refractivity contribution >= 4 is 27.3 Å². The van der Waals surface area contributed by atoms with E-state index in [0.29, 0.717) is 0 Å². The van der Waals surface area contributed by atoms with Gasteiger partial charge in [-0.15, -0.1) is 11.3 Å². The van der Waals surface area contributed by atoms with Crippen LogP contribution in [0.1, 0.15) is 43.7 Å². The van der Waals surface area contributed by atoms with Crippen molar-refractivity contribution in [1.82, 2.24) is 9.97 Å². The number of Topliss-reactive ketones (excluding diaryl/α,β-unsaturated/α-hetero) is 1. The van der Waals surface area contributed by atoms with Crippen LogP contribution in [0, 0.1) is 0 Å². The minimum absolute atomic E-state index is 0.0974. The van der Waals surface area contributed by atoms with E-state index in [1.165, 1.54) is 4.88 Å². The van der Waals surface area contributed by atoms with Crippen molar-refractivity contribution in [1.29, 1.82) is 0 Å². The smallest absolute Gasteiger partial charge is 0.138 e. The quantitative estimate of drug-likeness (QED) is 0.833. The maximum atomic E-state index is 11.6. The van der Waals surface area contributed by atoms with Crippen molar-refractivity contribution < 1.29 is 4.79 Å². The molecule has 2 rings (SSSR count). The summed E-state index contributed by atoms with van der Waals surface area (Å²) in [6.45, 7) is 5.78. The Balaban J connectivity index is 2.60. The number of fused-ring (bicyclic) bond motifs is 1. The summed E-state index contributed by atoms with van der Waals surface area (Å²) in [4.78, 5) is 22.5. The lowest BCUT2D eigenvalue weighted by atomic mass is 9.96. The van der Waals surface area contributed by atoms with E-state index in [-0.39, 0.29) is 11.7 Å². The van der Waals surface area contributed by atoms with E-state index < -0.39 is 0 Å². The maximum Gasteiger partial charge on any atom is 0.138 e. The number of aromatic nitrogens is 2. The van der Waals surface area contributed by atoms with Gasteiger partial charge in [-0.3, -0.25) is 4.79 Å². The van der Waals surface area contributed by atoms with Gasteiger partial charge < -0.3 is 0 Å². The fourth-order valence-electron chi connectivity index (χ4n) is 2.05. The highest BCUT2D eigenvalue weighted by Gasteiger charge is 2.20. The van der Waals surface area contributed by atoms with Crippen molar-refractivity contribution in [3.05, 3.63) is 23.0 Å². The summed E-state index contributed by atoms with van der Waals surface area (Å²) in [6, 6.07) is 2.13. The number of thiophene rings is 1. The van der Waals surface area contributed by atoms with Crippen LogP contribution < -0.4 is 0 Å². The Morgan fingerprint density at radius 2 is 2.18 bits per heavy atom. The molecule has 1 atom stereocenters. The maximum absolute atomic E-state index is 11.6. The zero-order valence-corrected chi connectivity index (χ0v) is 11.2. The molecule has 4 heteroatoms. The average molecular weight is 248 g/mol. The summed E-state index contributed by atoms with van der Waals surface area (Å²) in [5.41, 5.74) is 0.890. The first-order valence-electron chi connectivity index (χ1n) is 5.91. The molecule has 17 heavy (non-hydrogen) atoms. The summed E-state index contributed by atoms with van der Waals surface area (Å²) < 4.78 is 0. The van der Waals surface area contributed by atoms with E-state index in [0.717, 1.165) is 28.8 Å². The van der Waals surface area contributed by atoms with Crippen LogP contribution in [0.5, 0.6) is 0 Å². The van der Waals surface area contributed by atoms with E-state index >= 15 is 0 Å². The Morgan fingerprint density at radius 3 is 2.76 bits per heavy atom. The molecular weight excluding hydrogens is 232 g/mol. The number of rotatable bonds is 4. The number of ketones is 1. The van der Waals surface area contributed by atoms with Gasteiger partial charge >= 0.3 is 0 Å². The third-order valence-corrected chi connectivity index (χ3v) is 4.18. The van der Waals surface area contributed by atoms with Gasteiger partial charge in [-0.2, -0.15) is 0 Å². The Kier molecular flexibility index (Phi) is 3.52. The fourth-order valence-corrected chi connectivity index (χ4v) is 2.99. The lowest BCUT2D eigenvalue weighted by molar-refractivity contribution is -0.118. The topological polar surface area (TPSA) is 42.9 Å². The van der Waals surface area contributed by atoms with Crippen LogP contribution in [-0.4, -0.2) is 15.8 Å². The molecule has 2 heterocycles. The SMILES string of the molecule is CCc1cc2c(C(CC)C(C)=O)ncnc2s1. The molecule has 0 spiro atoms. The monoisotopic (exact) mass is 248 g/mol. The Morgan fingerprint density at radius 1 is 1.41 bits per heavy atom. The summed E-state index contributed by atoms with van der Waals surface area (Å²) in [6.07, 6.45) is 3.36. The molecule has 0 aliphatic rings. The van der Waals surface area contributed by atoms with Crippen molar-refractivity contribution in [2.75, 3.05) is 0 Å². The van der Waals surface area contributed by atoms with Gasteiger partial charge in [0.1, 0.15) is 16.9 Å². The summed E-state index contributed by atoms with van der Waals surface area (Å²) in [5, 5.41) is 1.05. The average Bonchev–Trinajstić information content (AvgIpc) is 2.73. The summed E-state index contributed by atoms with van der Waals surface area (Å²) >= 11 is 1.69. The highest BCUT2D eigenvalue weighted by atomic mass is 32.1. The van der Waals surface area contributed by atoms with Gasteiger partial charge in [0.2, 0.25) is 0 Å². The van der Waals surface area contributed by atoms with Crippen LogP contribution in [-0.2, 0) is 11.2 Å². The van der Waals surface area contributed by atoms with Crippen molar-refractivity contribution in [2.45, 2.75) is 39.5 Å². The predicted molar refractivity (Wildman–Crippen MR) is 70.5 cm³/mol. The lowest BCUT2D eigenvalue weighted by Crippen LogP contribution is -2.10. The summed E-state index contributed by atoms with van der Waals surface area (Å²) in [7, 11) is 0. The molecule has 2 aromatic heterocycles. The molecule has 0 N–H and O–H groups in total. The normalized spacial score (nSPS) is 12.9. The van der Waals surface area contributed by atoms with Crippen molar-refractivity contribution in [2.24, 2.45) is 0 Å². The third kappa shape index (κ3) is 2.22. The number of hydrogen-bond acceptors (Lipinski definition) is 4. The van der Waals surface area contributed by atoms with Crippen LogP contribution in [0.15, 0.2) is 12.4 Å². The number of aryl methyl sites for hydroxylation is 1. The Hall–Kier alpha value is -1.29. The standard InChI is InChI=1S/C13H16N2OS/c1-4-9-6-11-12(10(5-2)8(3)16)14-7-15-13(11)17-9/h6-7,10H,4-5H2,1-3H3. The molecule has 0 radical (unpaired) electrons. The van der Waals surface area contributed by atoms with Gasteiger partial charge in [-0.1, -0.05) is 13.8 Å². The molecule has 0 saturated carbocycles. The first-order valence-corrected chi connectivity index (χ1v) is 6.72. The van der Waals surface area contributed by atoms with E-state index in [2.05, 4.69) is 23.0 Å². The molecule has 0 bridgehead atoms. The molecular formula is C13H16N2OS. The van der Waals surface area contributed by atoms with Crippen LogP contribution >= 0.6 is 11.3 Å². The van der Waals surface area contributed by atoms with Gasteiger partial charge in [-0.25, -0.2) is 9.97 Å². The highest BCUT2D eigenvalue weighted by Crippen LogP contribution is 2.31. The van der Waals surface area contributed by atoms with E-state index in [4.69, 9.17) is 0 Å². The number of carbonyl (C=O) groups is 1. The second-order valence-electron chi connectivity index (χ2n) is 4.12. The van der Waals surface area contributed by atoms with Crippen molar-refractivity contribution in [3.63, 3.8) is 0 Å². The summed E-state index contributed by atoms with van der Waals surface area (Å²) in [5.74, 6) is 0.0801. The molecule has 0 saturated heterocycles. The van der Waals surface area contributed by atoms with Gasteiger partial charge in [-0.05, 0) is 25.8 Å². The Bertz CT molecular complexity index is 547. The molecule has 0 aliphatic heterocycles. The molecule has 90 valence electrons. The minimum Gasteiger partial charge on any atom is -0.299 e. The molecule has 3 nitrogen and oxygen atoms in total. The second-order valence-corrected chi connectivity index (χ2v) is 5.23. The minimum atomic E-state index is -0.0974. The fraction of sp³-hybridized carbons (Fsp3) is 0.462. The first kappa shape index (κ1) is 12.2. The van der Waals surface area contributed by atoms with E-state index in [9.17, 15) is 4.79 Å². The lowest BCUT2D eigenvalue weighted by Gasteiger charge is -2.10. The molecule has 2 aromatic rings. The molecule has 0 amide bonds. The number of hydrogen-bond donors (Lipinski definition) is 0. The van der Waals surface area contributed by atoms with E-state index in [1.54, 1.807) is 24.6 Å². The zero-order chi connectivity index (χ0) is 12.4. The predicted octanol–water partition coefficient (Wildman–Crippen LogP) is 3.34. The third-order valence-electron chi connectivity index (χ3n) is 2.99. The van der Waals surface area contributed by atoms with Gasteiger partial charge in [0.25, 0.3) is 0 Å². The molecule has 0 aromatic carbocycles. The Labute approximate surface area is 105 Å². The van der Waals surface area contributed by atoms with Crippen LogP contribution in [0.25, 0.3) is 10.2 Å². The zero-order valence-electron chi connectivity index (χ0n) is 10.4.